The van der Waals surface area contributed by atoms with Crippen LogP contribution in [-0.2, 0) is 16.8 Å². The molecule has 1 aliphatic rings. The van der Waals surface area contributed by atoms with E-state index in [9.17, 15) is 0 Å². The van der Waals surface area contributed by atoms with E-state index in [-0.39, 0.29) is 5.60 Å². The summed E-state index contributed by atoms with van der Waals surface area (Å²) in [5.74, 6) is 1.79. The first-order valence-corrected chi connectivity index (χ1v) is 6.85. The molecule has 0 aromatic carbocycles. The summed E-state index contributed by atoms with van der Waals surface area (Å²) in [5, 5.41) is 0. The molecule has 1 heterocycles. The molecule has 0 amide bonds. The van der Waals surface area contributed by atoms with Crippen molar-refractivity contribution in [3.05, 3.63) is 11.6 Å². The lowest BCUT2D eigenvalue weighted by Crippen LogP contribution is -2.35. The molecule has 1 saturated carbocycles. The van der Waals surface area contributed by atoms with Gasteiger partial charge in [0.25, 0.3) is 0 Å². The molecule has 5 nitrogen and oxygen atoms in total. The summed E-state index contributed by atoms with van der Waals surface area (Å²) in [7, 11) is 0. The van der Waals surface area contributed by atoms with Crippen molar-refractivity contribution in [2.75, 3.05) is 12.3 Å². The van der Waals surface area contributed by atoms with Gasteiger partial charge in [0.15, 0.2) is 5.82 Å². The van der Waals surface area contributed by atoms with Crippen molar-refractivity contribution in [2.45, 2.75) is 58.0 Å². The fourth-order valence-corrected chi connectivity index (χ4v) is 2.63. The average Bonchev–Trinajstić information content (AvgIpc) is 2.39. The van der Waals surface area contributed by atoms with E-state index in [1.807, 2.05) is 13.8 Å². The van der Waals surface area contributed by atoms with Gasteiger partial charge in [-0.2, -0.15) is 9.97 Å². The molecule has 0 spiro atoms. The van der Waals surface area contributed by atoms with Gasteiger partial charge >= 0.3 is 0 Å². The lowest BCUT2D eigenvalue weighted by Gasteiger charge is -2.35. The monoisotopic (exact) mass is 250 g/mol. The second-order valence-electron chi connectivity index (χ2n) is 4.77. The van der Waals surface area contributed by atoms with Crippen molar-refractivity contribution < 1.29 is 4.74 Å². The van der Waals surface area contributed by atoms with Crippen LogP contribution in [0.3, 0.4) is 0 Å². The van der Waals surface area contributed by atoms with Crippen LogP contribution >= 0.6 is 0 Å². The molecule has 0 atom stereocenters. The van der Waals surface area contributed by atoms with E-state index in [2.05, 4.69) is 15.0 Å². The summed E-state index contributed by atoms with van der Waals surface area (Å²) in [6.45, 7) is 4.71. The van der Waals surface area contributed by atoms with E-state index in [1.165, 1.54) is 6.42 Å². The number of anilines is 1. The molecule has 100 valence electrons. The van der Waals surface area contributed by atoms with Crippen LogP contribution in [-0.4, -0.2) is 21.6 Å². The normalized spacial score (nSPS) is 18.8. The lowest BCUT2D eigenvalue weighted by atomic mass is 9.84. The van der Waals surface area contributed by atoms with Gasteiger partial charge in [-0.05, 0) is 19.8 Å². The Morgan fingerprint density at radius 1 is 1.11 bits per heavy atom. The number of hydrogen-bond acceptors (Lipinski definition) is 5. The lowest BCUT2D eigenvalue weighted by molar-refractivity contribution is -0.0768. The van der Waals surface area contributed by atoms with E-state index in [4.69, 9.17) is 10.5 Å². The third kappa shape index (κ3) is 2.61. The average molecular weight is 250 g/mol. The smallest absolute Gasteiger partial charge is 0.223 e. The largest absolute Gasteiger partial charge is 0.368 e. The Hall–Kier alpha value is -1.23. The second-order valence-corrected chi connectivity index (χ2v) is 4.77. The Morgan fingerprint density at radius 3 is 2.44 bits per heavy atom. The Kier molecular flexibility index (Phi) is 4.11. The van der Waals surface area contributed by atoms with Gasteiger partial charge in [0.2, 0.25) is 5.95 Å². The van der Waals surface area contributed by atoms with E-state index in [1.54, 1.807) is 0 Å². The van der Waals surface area contributed by atoms with Gasteiger partial charge in [-0.25, -0.2) is 4.98 Å². The molecular weight excluding hydrogens is 228 g/mol. The molecule has 2 rings (SSSR count). The van der Waals surface area contributed by atoms with E-state index >= 15 is 0 Å². The van der Waals surface area contributed by atoms with Gasteiger partial charge < -0.3 is 10.5 Å². The quantitative estimate of drug-likeness (QED) is 0.886. The SMILES string of the molecule is CCOC1(c2nc(N)nc(CC)n2)CCCCC1. The molecule has 2 N–H and O–H groups in total. The van der Waals surface area contributed by atoms with Crippen molar-refractivity contribution >= 4 is 5.95 Å². The zero-order chi connectivity index (χ0) is 13.0. The van der Waals surface area contributed by atoms with Crippen molar-refractivity contribution in [3.8, 4) is 0 Å². The zero-order valence-corrected chi connectivity index (χ0v) is 11.3. The number of nitrogens with two attached hydrogens (primary N) is 1. The van der Waals surface area contributed by atoms with Crippen molar-refractivity contribution in [2.24, 2.45) is 0 Å². The van der Waals surface area contributed by atoms with Gasteiger partial charge in [0.1, 0.15) is 11.4 Å². The van der Waals surface area contributed by atoms with E-state index in [0.29, 0.717) is 12.6 Å². The van der Waals surface area contributed by atoms with Crippen LogP contribution in [0.25, 0.3) is 0 Å². The minimum atomic E-state index is -0.339. The first-order chi connectivity index (χ1) is 8.70. The fraction of sp³-hybridized carbons (Fsp3) is 0.769. The summed E-state index contributed by atoms with van der Waals surface area (Å²) in [6.07, 6.45) is 6.30. The Morgan fingerprint density at radius 2 is 1.83 bits per heavy atom. The fourth-order valence-electron chi connectivity index (χ4n) is 2.63. The molecule has 1 aromatic rings. The number of ether oxygens (including phenoxy) is 1. The summed E-state index contributed by atoms with van der Waals surface area (Å²) in [5.41, 5.74) is 5.44. The van der Waals surface area contributed by atoms with Crippen LogP contribution < -0.4 is 5.73 Å². The highest BCUT2D eigenvalue weighted by atomic mass is 16.5. The topological polar surface area (TPSA) is 73.9 Å². The van der Waals surface area contributed by atoms with Crippen LogP contribution in [0.2, 0.25) is 0 Å². The third-order valence-electron chi connectivity index (χ3n) is 3.50. The highest BCUT2D eigenvalue weighted by Crippen LogP contribution is 2.38. The number of hydrogen-bond donors (Lipinski definition) is 1. The third-order valence-corrected chi connectivity index (χ3v) is 3.50. The van der Waals surface area contributed by atoms with E-state index in [0.717, 1.165) is 43.8 Å². The molecule has 1 aromatic heterocycles. The number of rotatable bonds is 4. The molecule has 0 radical (unpaired) electrons. The number of aromatic nitrogens is 3. The Labute approximate surface area is 108 Å². The molecule has 0 aliphatic heterocycles. The van der Waals surface area contributed by atoms with Crippen molar-refractivity contribution in [1.29, 1.82) is 0 Å². The first kappa shape index (κ1) is 13.2. The maximum absolute atomic E-state index is 6.00. The van der Waals surface area contributed by atoms with Crippen LogP contribution in [0.1, 0.15) is 57.6 Å². The van der Waals surface area contributed by atoms with E-state index < -0.39 is 0 Å². The Balaban J connectivity index is 2.37. The van der Waals surface area contributed by atoms with Crippen LogP contribution in [0.5, 0.6) is 0 Å². The maximum Gasteiger partial charge on any atom is 0.223 e. The molecule has 0 bridgehead atoms. The molecule has 0 saturated heterocycles. The molecule has 18 heavy (non-hydrogen) atoms. The highest BCUT2D eigenvalue weighted by Gasteiger charge is 2.38. The molecular formula is C13H22N4O. The molecule has 1 fully saturated rings. The standard InChI is InChI=1S/C13H22N4O/c1-3-10-15-11(17-12(14)16-10)13(18-4-2)8-6-5-7-9-13/h3-9H2,1-2H3,(H2,14,15,16,17). The van der Waals surface area contributed by atoms with Gasteiger partial charge in [0.05, 0.1) is 0 Å². The second kappa shape index (κ2) is 5.61. The first-order valence-electron chi connectivity index (χ1n) is 6.85. The minimum absolute atomic E-state index is 0.307. The number of aryl methyl sites for hydroxylation is 1. The summed E-state index contributed by atoms with van der Waals surface area (Å²) < 4.78 is 6.00. The predicted octanol–water partition coefficient (Wildman–Crippen LogP) is 2.21. The highest BCUT2D eigenvalue weighted by molar-refractivity contribution is 5.19. The predicted molar refractivity (Wildman–Crippen MR) is 70.0 cm³/mol. The molecule has 1 aliphatic carbocycles. The zero-order valence-electron chi connectivity index (χ0n) is 11.3. The maximum atomic E-state index is 6.00. The van der Waals surface area contributed by atoms with Gasteiger partial charge in [-0.15, -0.1) is 0 Å². The Bertz CT molecular complexity index is 396. The van der Waals surface area contributed by atoms with Crippen LogP contribution in [0, 0.1) is 0 Å². The minimum Gasteiger partial charge on any atom is -0.368 e. The summed E-state index contributed by atoms with van der Waals surface area (Å²) in [4.78, 5) is 13.0. The van der Waals surface area contributed by atoms with Crippen molar-refractivity contribution in [3.63, 3.8) is 0 Å². The van der Waals surface area contributed by atoms with Crippen molar-refractivity contribution in [1.82, 2.24) is 15.0 Å². The van der Waals surface area contributed by atoms with Gasteiger partial charge in [0, 0.05) is 13.0 Å². The summed E-state index contributed by atoms with van der Waals surface area (Å²) >= 11 is 0. The van der Waals surface area contributed by atoms with Gasteiger partial charge in [-0.3, -0.25) is 0 Å². The van der Waals surface area contributed by atoms with Crippen LogP contribution in [0.15, 0.2) is 0 Å². The number of nitrogen functional groups attached to an aromatic ring is 1. The van der Waals surface area contributed by atoms with Crippen LogP contribution in [0.4, 0.5) is 5.95 Å². The number of nitrogens with zero attached hydrogens (tertiary/aromatic N) is 3. The molecule has 0 unspecified atom stereocenters. The van der Waals surface area contributed by atoms with Gasteiger partial charge in [-0.1, -0.05) is 26.2 Å². The summed E-state index contributed by atoms with van der Waals surface area (Å²) in [6, 6.07) is 0. The molecule has 5 heteroatoms.